The molecule has 0 bridgehead atoms. The van der Waals surface area contributed by atoms with Crippen LogP contribution in [0.1, 0.15) is 49.5 Å². The number of fused-ring (bicyclic) bond motifs is 2. The van der Waals surface area contributed by atoms with Gasteiger partial charge < -0.3 is 48.9 Å². The number of nitrogens with zero attached hydrogens (tertiary/aromatic N) is 1. The van der Waals surface area contributed by atoms with Gasteiger partial charge in [-0.1, -0.05) is 24.3 Å². The molecule has 6 rings (SSSR count). The summed E-state index contributed by atoms with van der Waals surface area (Å²) in [6.45, 7) is 8.17. The maximum absolute atomic E-state index is 13.2. The van der Waals surface area contributed by atoms with E-state index in [4.69, 9.17) is 38.9 Å². The van der Waals surface area contributed by atoms with Crippen molar-refractivity contribution in [2.45, 2.75) is 56.7 Å². The summed E-state index contributed by atoms with van der Waals surface area (Å²) in [5.74, 6) is 0.858. The number of phenolic OH excluding ortho intramolecular Hbond substituents is 1. The fourth-order valence-corrected chi connectivity index (χ4v) is 7.58. The number of phenols is 1. The van der Waals surface area contributed by atoms with Crippen LogP contribution >= 0.6 is 0 Å². The molecule has 1 aliphatic heterocycles. The lowest BCUT2D eigenvalue weighted by atomic mass is 9.99. The van der Waals surface area contributed by atoms with Gasteiger partial charge in [0, 0.05) is 35.7 Å². The molecule has 16 heteroatoms. The van der Waals surface area contributed by atoms with Gasteiger partial charge in [-0.15, -0.1) is 0 Å². The van der Waals surface area contributed by atoms with E-state index >= 15 is 0 Å². The minimum absolute atomic E-state index is 0.0476. The van der Waals surface area contributed by atoms with Gasteiger partial charge in [-0.3, -0.25) is 14.4 Å². The number of amides is 2. The highest BCUT2D eigenvalue weighted by molar-refractivity contribution is 7.90. The lowest BCUT2D eigenvalue weighted by molar-refractivity contribution is -0.155. The molecule has 1 heterocycles. The lowest BCUT2D eigenvalue weighted by Gasteiger charge is -2.25. The van der Waals surface area contributed by atoms with Crippen LogP contribution < -0.4 is 19.9 Å². The minimum Gasteiger partial charge on any atom is -0.508 e. The fraction of sp³-hybridized carbons (Fsp3) is 0.354. The molecule has 0 unspecified atom stereocenters. The number of ether oxygens (including phenoxy) is 7. The van der Waals surface area contributed by atoms with E-state index in [1.807, 2.05) is 12.1 Å². The smallest absolute Gasteiger partial charge is 0.306 e. The molecule has 0 aromatic heterocycles. The predicted octanol–water partition coefficient (Wildman–Crippen LogP) is 6.85. The summed E-state index contributed by atoms with van der Waals surface area (Å²) in [5, 5.41) is 11.6. The highest BCUT2D eigenvalue weighted by Crippen LogP contribution is 2.41. The molecule has 5 aromatic carbocycles. The van der Waals surface area contributed by atoms with Gasteiger partial charge in [0.2, 0.25) is 5.91 Å². The number of hydrogen-bond donors (Lipinski definition) is 2. The zero-order valence-corrected chi connectivity index (χ0v) is 37.2. The number of aromatic hydroxyl groups is 1. The third kappa shape index (κ3) is 13.2. The lowest BCUT2D eigenvalue weighted by Crippen LogP contribution is -2.45. The second-order valence-corrected chi connectivity index (χ2v) is 18.1. The normalized spacial score (nSPS) is 13.1. The van der Waals surface area contributed by atoms with Crippen LogP contribution in [0, 0.1) is 0 Å². The number of primary amides is 1. The number of carbonyl (C=O) groups is 3. The number of nitrogens with two attached hydrogens (primary N) is 1. The summed E-state index contributed by atoms with van der Waals surface area (Å²) in [4.78, 5) is 39.3. The largest absolute Gasteiger partial charge is 0.508 e. The van der Waals surface area contributed by atoms with Crippen molar-refractivity contribution in [3.05, 3.63) is 108 Å². The molecule has 0 saturated carbocycles. The monoisotopic (exact) mass is 898 g/mol. The Kier molecular flexibility index (Phi) is 15.8. The van der Waals surface area contributed by atoms with Gasteiger partial charge in [0.1, 0.15) is 53.6 Å². The van der Waals surface area contributed by atoms with E-state index in [1.165, 1.54) is 11.2 Å². The Morgan fingerprint density at radius 2 is 1.33 bits per heavy atom. The van der Waals surface area contributed by atoms with Crippen molar-refractivity contribution >= 4 is 38.4 Å². The van der Waals surface area contributed by atoms with Gasteiger partial charge in [-0.25, -0.2) is 8.42 Å². The number of benzene rings is 5. The molecular weight excluding hydrogens is 845 g/mol. The van der Waals surface area contributed by atoms with Crippen molar-refractivity contribution in [1.29, 1.82) is 0 Å². The van der Waals surface area contributed by atoms with E-state index in [1.54, 1.807) is 106 Å². The van der Waals surface area contributed by atoms with Gasteiger partial charge in [0.15, 0.2) is 9.84 Å². The van der Waals surface area contributed by atoms with E-state index in [2.05, 4.69) is 0 Å². The van der Waals surface area contributed by atoms with Crippen molar-refractivity contribution in [3.8, 4) is 39.9 Å². The predicted molar refractivity (Wildman–Crippen MR) is 238 cm³/mol. The maximum atomic E-state index is 13.2. The summed E-state index contributed by atoms with van der Waals surface area (Å²) < 4.78 is 64.2. The molecule has 5 aromatic rings. The van der Waals surface area contributed by atoms with Crippen LogP contribution in [0.15, 0.2) is 102 Å². The van der Waals surface area contributed by atoms with E-state index in [9.17, 15) is 27.9 Å². The molecule has 15 nitrogen and oxygen atoms in total. The van der Waals surface area contributed by atoms with E-state index in [-0.39, 0.29) is 42.5 Å². The van der Waals surface area contributed by atoms with Crippen molar-refractivity contribution in [3.63, 3.8) is 0 Å². The van der Waals surface area contributed by atoms with Gasteiger partial charge in [-0.05, 0) is 117 Å². The number of sulfone groups is 1. The average molecular weight is 899 g/mol. The molecule has 1 aliphatic rings. The summed E-state index contributed by atoms with van der Waals surface area (Å²) in [6, 6.07) is 26.8. The number of rotatable bonds is 23. The molecule has 0 aliphatic carbocycles. The van der Waals surface area contributed by atoms with Crippen LogP contribution in [0.3, 0.4) is 0 Å². The molecule has 3 N–H and O–H groups in total. The molecule has 64 heavy (non-hydrogen) atoms. The van der Waals surface area contributed by atoms with Crippen LogP contribution in [-0.4, -0.2) is 107 Å². The minimum atomic E-state index is -3.35. The highest BCUT2D eigenvalue weighted by Gasteiger charge is 2.36. The maximum Gasteiger partial charge on any atom is 0.306 e. The third-order valence-electron chi connectivity index (χ3n) is 9.99. The summed E-state index contributed by atoms with van der Waals surface area (Å²) in [5.41, 5.74) is 7.65. The van der Waals surface area contributed by atoms with E-state index in [0.717, 1.165) is 27.5 Å². The van der Waals surface area contributed by atoms with Crippen LogP contribution in [0.25, 0.3) is 21.9 Å². The first-order valence-corrected chi connectivity index (χ1v) is 22.7. The molecule has 2 amide bonds. The van der Waals surface area contributed by atoms with E-state index in [0.29, 0.717) is 74.8 Å². The summed E-state index contributed by atoms with van der Waals surface area (Å²) in [7, 11) is -3.35. The Morgan fingerprint density at radius 3 is 1.94 bits per heavy atom. The van der Waals surface area contributed by atoms with Crippen molar-refractivity contribution in [2.75, 3.05) is 59.1 Å². The van der Waals surface area contributed by atoms with Gasteiger partial charge in [0.25, 0.3) is 5.91 Å². The Balaban J connectivity index is 0.846. The van der Waals surface area contributed by atoms with Gasteiger partial charge in [0.05, 0.1) is 44.5 Å². The van der Waals surface area contributed by atoms with Crippen LogP contribution in [0.4, 0.5) is 0 Å². The molecular formula is C48H54N2O13S. The highest BCUT2D eigenvalue weighted by atomic mass is 32.2. The molecule has 340 valence electrons. The Labute approximate surface area is 372 Å². The van der Waals surface area contributed by atoms with Crippen molar-refractivity contribution in [1.82, 2.24) is 4.90 Å². The first-order valence-electron chi connectivity index (χ1n) is 20.8. The van der Waals surface area contributed by atoms with Gasteiger partial charge >= 0.3 is 5.97 Å². The van der Waals surface area contributed by atoms with Crippen LogP contribution in [0.5, 0.6) is 28.7 Å². The summed E-state index contributed by atoms with van der Waals surface area (Å²) >= 11 is 0. The zero-order valence-electron chi connectivity index (χ0n) is 36.4. The molecule has 1 atom stereocenters. The Bertz CT molecular complexity index is 2520. The topological polar surface area (TPSA) is 199 Å². The first-order chi connectivity index (χ1) is 30.6. The molecule has 0 fully saturated rings. The average Bonchev–Trinajstić information content (AvgIpc) is 3.56. The zero-order chi connectivity index (χ0) is 45.9. The molecule has 0 saturated heterocycles. The third-order valence-corrected chi connectivity index (χ3v) is 11.1. The van der Waals surface area contributed by atoms with Crippen LogP contribution in [-0.2, 0) is 44.9 Å². The first kappa shape index (κ1) is 47.3. The SMILES string of the molecule is CC(C)(C)OC(=O)CC[C@@H](C(N)=O)N1Cc2ccc(OCCOCCOCCOCCOc3ccc(Oc4c(-c5ccc(S(C)(=O)=O)cc5)ccc5cc(O)ccc45)cc3)cc2C1=O. The fourth-order valence-electron chi connectivity index (χ4n) is 6.95. The number of carbonyl (C=O) groups excluding carboxylic acids is 3. The van der Waals surface area contributed by atoms with Crippen molar-refractivity contribution < 1.29 is 61.1 Å². The van der Waals surface area contributed by atoms with E-state index < -0.39 is 33.4 Å². The van der Waals surface area contributed by atoms with Crippen molar-refractivity contribution in [2.24, 2.45) is 5.73 Å². The van der Waals surface area contributed by atoms with Crippen LogP contribution in [0.2, 0.25) is 0 Å². The number of esters is 1. The summed E-state index contributed by atoms with van der Waals surface area (Å²) in [6.07, 6.45) is 1.19. The van der Waals surface area contributed by atoms with Gasteiger partial charge in [-0.2, -0.15) is 0 Å². The second-order valence-electron chi connectivity index (χ2n) is 16.0. The Morgan fingerprint density at radius 1 is 0.734 bits per heavy atom. The standard InChI is InChI=1S/C48H54N2O13S/c1-48(2,3)63-44(52)20-19-43(46(49)53)50-31-34-5-10-38(30-42(34)47(50)54)61-28-26-59-24-22-57-21-23-58-25-27-60-36-11-13-37(14-12-36)62-45-40(17-8-33-29-35(51)9-18-41(33)45)32-6-15-39(16-7-32)64(4,55)56/h5-18,29-30,43,51H,19-28,31H2,1-4H3,(H2,49,53)/t43-/m0/s1. The molecule has 0 radical (unpaired) electrons. The molecule has 0 spiro atoms. The number of hydrogen-bond acceptors (Lipinski definition) is 13. The quantitative estimate of drug-likeness (QED) is 0.0510. The second kappa shape index (κ2) is 21.5. The Hall–Kier alpha value is -6.20.